The van der Waals surface area contributed by atoms with E-state index in [4.69, 9.17) is 9.47 Å². The molecule has 0 saturated carbocycles. The van der Waals surface area contributed by atoms with Crippen LogP contribution in [0.2, 0.25) is 0 Å². The molecule has 6 heteroatoms. The summed E-state index contributed by atoms with van der Waals surface area (Å²) >= 11 is 0. The Balaban J connectivity index is 1.49. The quantitative estimate of drug-likeness (QED) is 0.812. The lowest BCUT2D eigenvalue weighted by Crippen LogP contribution is -2.33. The van der Waals surface area contributed by atoms with Crippen LogP contribution in [0.15, 0.2) is 30.3 Å². The lowest BCUT2D eigenvalue weighted by Gasteiger charge is -2.25. The third-order valence-electron chi connectivity index (χ3n) is 4.69. The van der Waals surface area contributed by atoms with Gasteiger partial charge >= 0.3 is 0 Å². The molecule has 0 bridgehead atoms. The highest BCUT2D eigenvalue weighted by molar-refractivity contribution is 5.14. The molecule has 0 spiro atoms. The van der Waals surface area contributed by atoms with Gasteiger partial charge in [0.25, 0.3) is 0 Å². The Labute approximate surface area is 142 Å². The first kappa shape index (κ1) is 15.7. The Morgan fingerprint density at radius 3 is 2.88 bits per heavy atom. The number of rotatable bonds is 6. The lowest BCUT2D eigenvalue weighted by atomic mass is 10.2. The highest BCUT2D eigenvalue weighted by atomic mass is 16.5. The molecule has 1 fully saturated rings. The average molecular weight is 328 g/mol. The van der Waals surface area contributed by atoms with Crippen LogP contribution in [-0.2, 0) is 35.7 Å². The number of hydrogen-bond donors (Lipinski definition) is 0. The van der Waals surface area contributed by atoms with Crippen LogP contribution >= 0.6 is 0 Å². The van der Waals surface area contributed by atoms with Gasteiger partial charge in [-0.25, -0.2) is 0 Å². The van der Waals surface area contributed by atoms with Crippen molar-refractivity contribution in [2.75, 3.05) is 19.8 Å². The average Bonchev–Trinajstić information content (AvgIpc) is 3.26. The molecule has 1 aromatic carbocycles. The summed E-state index contributed by atoms with van der Waals surface area (Å²) < 4.78 is 13.5. The van der Waals surface area contributed by atoms with Crippen molar-refractivity contribution in [3.05, 3.63) is 47.5 Å². The van der Waals surface area contributed by atoms with Crippen LogP contribution < -0.4 is 0 Å². The van der Waals surface area contributed by atoms with Crippen molar-refractivity contribution in [1.82, 2.24) is 19.7 Å². The molecule has 128 valence electrons. The van der Waals surface area contributed by atoms with E-state index in [1.807, 2.05) is 0 Å². The van der Waals surface area contributed by atoms with Crippen LogP contribution in [0.3, 0.4) is 0 Å². The standard InChI is InChI=1S/C18H24N4O2/c1-2-5-15(6-3-1)11-21(12-16-7-4-9-24-16)13-17-19-20-18-14-23-10-8-22(17)18/h1-3,5-6,16H,4,7-14H2. The van der Waals surface area contributed by atoms with Crippen molar-refractivity contribution in [2.24, 2.45) is 0 Å². The van der Waals surface area contributed by atoms with E-state index in [1.165, 1.54) is 12.0 Å². The number of nitrogens with zero attached hydrogens (tertiary/aromatic N) is 4. The van der Waals surface area contributed by atoms with Crippen molar-refractivity contribution >= 4 is 0 Å². The fourth-order valence-electron chi connectivity index (χ4n) is 3.48. The van der Waals surface area contributed by atoms with Crippen LogP contribution in [0.4, 0.5) is 0 Å². The molecule has 3 heterocycles. The summed E-state index contributed by atoms with van der Waals surface area (Å²) in [6.45, 7) is 5.67. The van der Waals surface area contributed by atoms with Gasteiger partial charge in [0.1, 0.15) is 12.4 Å². The maximum absolute atomic E-state index is 5.85. The minimum absolute atomic E-state index is 0.334. The monoisotopic (exact) mass is 328 g/mol. The van der Waals surface area contributed by atoms with E-state index in [0.29, 0.717) is 12.7 Å². The van der Waals surface area contributed by atoms with Crippen LogP contribution in [0, 0.1) is 0 Å². The number of aromatic nitrogens is 3. The van der Waals surface area contributed by atoms with Crippen molar-refractivity contribution in [2.45, 2.75) is 45.2 Å². The number of benzene rings is 1. The van der Waals surface area contributed by atoms with Gasteiger partial charge in [-0.3, -0.25) is 4.90 Å². The van der Waals surface area contributed by atoms with Crippen LogP contribution in [-0.4, -0.2) is 45.5 Å². The molecule has 2 aliphatic heterocycles. The molecule has 2 aliphatic rings. The predicted molar refractivity (Wildman–Crippen MR) is 89.2 cm³/mol. The van der Waals surface area contributed by atoms with Gasteiger partial charge in [0, 0.05) is 26.2 Å². The Hall–Kier alpha value is -1.76. The minimum Gasteiger partial charge on any atom is -0.377 e. The molecule has 1 aromatic heterocycles. The van der Waals surface area contributed by atoms with E-state index in [9.17, 15) is 0 Å². The summed E-state index contributed by atoms with van der Waals surface area (Å²) in [7, 11) is 0. The second-order valence-electron chi connectivity index (χ2n) is 6.53. The summed E-state index contributed by atoms with van der Waals surface area (Å²) in [5, 5.41) is 8.68. The van der Waals surface area contributed by atoms with E-state index in [2.05, 4.69) is 50.0 Å². The first-order valence-electron chi connectivity index (χ1n) is 8.75. The van der Waals surface area contributed by atoms with Gasteiger partial charge < -0.3 is 14.0 Å². The highest BCUT2D eigenvalue weighted by Gasteiger charge is 2.23. The molecular weight excluding hydrogens is 304 g/mol. The van der Waals surface area contributed by atoms with Gasteiger partial charge in [0.05, 0.1) is 19.3 Å². The second-order valence-corrected chi connectivity index (χ2v) is 6.53. The third kappa shape index (κ3) is 3.66. The largest absolute Gasteiger partial charge is 0.377 e. The molecule has 0 aliphatic carbocycles. The van der Waals surface area contributed by atoms with Gasteiger partial charge in [-0.05, 0) is 18.4 Å². The molecule has 24 heavy (non-hydrogen) atoms. The first-order valence-corrected chi connectivity index (χ1v) is 8.75. The zero-order valence-corrected chi connectivity index (χ0v) is 13.9. The van der Waals surface area contributed by atoms with Crippen LogP contribution in [0.5, 0.6) is 0 Å². The molecule has 1 atom stereocenters. The van der Waals surface area contributed by atoms with E-state index < -0.39 is 0 Å². The minimum atomic E-state index is 0.334. The zero-order chi connectivity index (χ0) is 16.2. The Kier molecular flexibility index (Phi) is 4.87. The number of fused-ring (bicyclic) bond motifs is 1. The van der Waals surface area contributed by atoms with Crippen molar-refractivity contribution in [1.29, 1.82) is 0 Å². The summed E-state index contributed by atoms with van der Waals surface area (Å²) in [6.07, 6.45) is 2.65. The molecular formula is C18H24N4O2. The maximum atomic E-state index is 5.85. The molecule has 1 saturated heterocycles. The van der Waals surface area contributed by atoms with Gasteiger partial charge in [-0.1, -0.05) is 30.3 Å². The summed E-state index contributed by atoms with van der Waals surface area (Å²) in [5.41, 5.74) is 1.32. The first-order chi connectivity index (χ1) is 11.9. The Morgan fingerprint density at radius 2 is 2.04 bits per heavy atom. The maximum Gasteiger partial charge on any atom is 0.159 e. The van der Waals surface area contributed by atoms with Gasteiger partial charge in [-0.2, -0.15) is 0 Å². The van der Waals surface area contributed by atoms with Gasteiger partial charge in [0.2, 0.25) is 0 Å². The fourth-order valence-corrected chi connectivity index (χ4v) is 3.48. The second kappa shape index (κ2) is 7.42. The molecule has 0 N–H and O–H groups in total. The lowest BCUT2D eigenvalue weighted by molar-refractivity contribution is 0.0633. The SMILES string of the molecule is c1ccc(CN(Cc2nnc3n2CCOC3)CC2CCCO2)cc1. The van der Waals surface area contributed by atoms with E-state index in [-0.39, 0.29) is 0 Å². The van der Waals surface area contributed by atoms with E-state index in [0.717, 1.165) is 57.5 Å². The Morgan fingerprint density at radius 1 is 1.12 bits per heavy atom. The predicted octanol–water partition coefficient (Wildman–Crippen LogP) is 1.99. The number of ether oxygens (including phenoxy) is 2. The summed E-state index contributed by atoms with van der Waals surface area (Å²) in [6, 6.07) is 10.6. The Bertz CT molecular complexity index is 652. The smallest absolute Gasteiger partial charge is 0.159 e. The van der Waals surface area contributed by atoms with Gasteiger partial charge in [0.15, 0.2) is 5.82 Å². The molecule has 2 aromatic rings. The molecule has 0 radical (unpaired) electrons. The molecule has 0 amide bonds. The molecule has 1 unspecified atom stereocenters. The normalized spacial score (nSPS) is 20.5. The van der Waals surface area contributed by atoms with Crippen molar-refractivity contribution in [3.8, 4) is 0 Å². The third-order valence-corrected chi connectivity index (χ3v) is 4.69. The van der Waals surface area contributed by atoms with E-state index >= 15 is 0 Å². The van der Waals surface area contributed by atoms with Crippen molar-refractivity contribution in [3.63, 3.8) is 0 Å². The van der Waals surface area contributed by atoms with Crippen LogP contribution in [0.1, 0.15) is 30.1 Å². The zero-order valence-electron chi connectivity index (χ0n) is 13.9. The highest BCUT2D eigenvalue weighted by Crippen LogP contribution is 2.18. The summed E-state index contributed by atoms with van der Waals surface area (Å²) in [4.78, 5) is 2.43. The fraction of sp³-hybridized carbons (Fsp3) is 0.556. The summed E-state index contributed by atoms with van der Waals surface area (Å²) in [5.74, 6) is 1.97. The topological polar surface area (TPSA) is 52.4 Å². The van der Waals surface area contributed by atoms with Crippen molar-refractivity contribution < 1.29 is 9.47 Å². The molecule has 4 rings (SSSR count). The van der Waals surface area contributed by atoms with Gasteiger partial charge in [-0.15, -0.1) is 10.2 Å². The molecule has 6 nitrogen and oxygen atoms in total. The van der Waals surface area contributed by atoms with Crippen LogP contribution in [0.25, 0.3) is 0 Å². The van der Waals surface area contributed by atoms with E-state index in [1.54, 1.807) is 0 Å². The number of hydrogen-bond acceptors (Lipinski definition) is 5.